The van der Waals surface area contributed by atoms with E-state index in [0.29, 0.717) is 28.6 Å². The molecule has 0 spiro atoms. The number of amides is 1. The molecule has 35 heavy (non-hydrogen) atoms. The van der Waals surface area contributed by atoms with E-state index in [1.807, 2.05) is 6.92 Å². The molecule has 0 heterocycles. The zero-order chi connectivity index (χ0) is 26.8. The first-order valence-electron chi connectivity index (χ1n) is 11.6. The van der Waals surface area contributed by atoms with Crippen molar-refractivity contribution in [2.24, 2.45) is 11.7 Å². The van der Waals surface area contributed by atoms with E-state index >= 15 is 0 Å². The van der Waals surface area contributed by atoms with Crippen LogP contribution in [0, 0.1) is 5.92 Å². The summed E-state index contributed by atoms with van der Waals surface area (Å²) in [7, 11) is 0. The fourth-order valence-corrected chi connectivity index (χ4v) is 4.16. The molecular weight excluding hydrogens is 464 g/mol. The van der Waals surface area contributed by atoms with Gasteiger partial charge in [0.25, 0.3) is 5.91 Å². The van der Waals surface area contributed by atoms with Crippen LogP contribution >= 0.6 is 11.8 Å². The number of hydrogen-bond acceptors (Lipinski definition) is 7. The zero-order valence-electron chi connectivity index (χ0n) is 21.1. The Bertz CT molecular complexity index is 838. The van der Waals surface area contributed by atoms with Crippen LogP contribution < -0.4 is 11.1 Å². The Hall–Kier alpha value is -2.68. The fraction of sp³-hybridized carbons (Fsp3) is 0.444. The van der Waals surface area contributed by atoms with Crippen LogP contribution in [0.5, 0.6) is 0 Å². The molecule has 1 rings (SSSR count). The number of nitrogens with one attached hydrogen (secondary N) is 1. The molecule has 0 saturated heterocycles. The Kier molecular flexibility index (Phi) is 17.2. The first-order chi connectivity index (χ1) is 16.6. The second-order valence-corrected chi connectivity index (χ2v) is 9.33. The molecule has 0 bridgehead atoms. The van der Waals surface area contributed by atoms with Crippen molar-refractivity contribution in [2.75, 3.05) is 19.1 Å². The predicted octanol–water partition coefficient (Wildman–Crippen LogP) is 5.05. The van der Waals surface area contributed by atoms with Gasteiger partial charge in [0, 0.05) is 16.2 Å². The van der Waals surface area contributed by atoms with E-state index in [2.05, 4.69) is 25.1 Å². The molecule has 1 aliphatic carbocycles. The number of carbonyl (C=O) groups is 1. The minimum Gasteiger partial charge on any atom is -0.510 e. The van der Waals surface area contributed by atoms with Crippen molar-refractivity contribution in [3.63, 3.8) is 0 Å². The summed E-state index contributed by atoms with van der Waals surface area (Å²) in [5.74, 6) is 0.782. The van der Waals surface area contributed by atoms with E-state index in [9.17, 15) is 9.90 Å². The highest BCUT2D eigenvalue weighted by Gasteiger charge is 2.18. The number of carbonyl (C=O) groups excluding carboxylic acids is 1. The van der Waals surface area contributed by atoms with Crippen LogP contribution in [0.4, 0.5) is 0 Å². The van der Waals surface area contributed by atoms with Gasteiger partial charge >= 0.3 is 0 Å². The van der Waals surface area contributed by atoms with Crippen LogP contribution in [0.25, 0.3) is 0 Å². The van der Waals surface area contributed by atoms with Gasteiger partial charge in [0.15, 0.2) is 0 Å². The van der Waals surface area contributed by atoms with Gasteiger partial charge < -0.3 is 31.5 Å². The van der Waals surface area contributed by atoms with Gasteiger partial charge in [0.2, 0.25) is 0 Å². The fourth-order valence-electron chi connectivity index (χ4n) is 3.11. The lowest BCUT2D eigenvalue weighted by Crippen LogP contribution is -2.24. The highest BCUT2D eigenvalue weighted by atomic mass is 32.2. The average Bonchev–Trinajstić information content (AvgIpc) is 2.89. The van der Waals surface area contributed by atoms with Gasteiger partial charge in [-0.25, -0.2) is 0 Å². The van der Waals surface area contributed by atoms with Crippen LogP contribution in [0.15, 0.2) is 82.9 Å². The topological polar surface area (TPSA) is 136 Å². The van der Waals surface area contributed by atoms with Crippen LogP contribution in [0.3, 0.4) is 0 Å². The van der Waals surface area contributed by atoms with Crippen LogP contribution in [-0.2, 0) is 4.79 Å². The maximum absolute atomic E-state index is 11.9. The van der Waals surface area contributed by atoms with Crippen LogP contribution in [-0.4, -0.2) is 45.4 Å². The first-order valence-corrected chi connectivity index (χ1v) is 12.6. The maximum atomic E-state index is 11.9. The highest BCUT2D eigenvalue weighted by Crippen LogP contribution is 2.34. The van der Waals surface area contributed by atoms with Crippen molar-refractivity contribution in [3.05, 3.63) is 82.9 Å². The third kappa shape index (κ3) is 13.7. The summed E-state index contributed by atoms with van der Waals surface area (Å²) in [6.45, 7) is 13.6. The summed E-state index contributed by atoms with van der Waals surface area (Å²) >= 11 is 1.55. The third-order valence-corrected chi connectivity index (χ3v) is 6.56. The Morgan fingerprint density at radius 3 is 2.17 bits per heavy atom. The molecule has 0 aromatic carbocycles. The van der Waals surface area contributed by atoms with Gasteiger partial charge in [-0.05, 0) is 49.5 Å². The molecule has 1 amide bonds. The first kappa shape index (κ1) is 32.3. The largest absolute Gasteiger partial charge is 0.510 e. The molecule has 7 nitrogen and oxygen atoms in total. The predicted molar refractivity (Wildman–Crippen MR) is 147 cm³/mol. The summed E-state index contributed by atoms with van der Waals surface area (Å²) in [4.78, 5) is 12.9. The monoisotopic (exact) mass is 506 g/mol. The smallest absolute Gasteiger partial charge is 0.251 e. The van der Waals surface area contributed by atoms with Gasteiger partial charge in [-0.15, -0.1) is 11.8 Å². The van der Waals surface area contributed by atoms with E-state index < -0.39 is 6.61 Å². The molecule has 0 aromatic heterocycles. The van der Waals surface area contributed by atoms with Gasteiger partial charge in [-0.2, -0.15) is 0 Å². The lowest BCUT2D eigenvalue weighted by Gasteiger charge is -2.24. The number of thioether (sulfide) groups is 1. The van der Waals surface area contributed by atoms with E-state index in [-0.39, 0.29) is 24.0 Å². The number of hydrogen-bond donors (Lipinski definition) is 6. The summed E-state index contributed by atoms with van der Waals surface area (Å²) in [5, 5.41) is 37.5. The lowest BCUT2D eigenvalue weighted by atomic mass is 9.86. The normalized spacial score (nSPS) is 16.2. The maximum Gasteiger partial charge on any atom is 0.251 e. The number of nitrogens with two attached hydrogens (primary N) is 1. The van der Waals surface area contributed by atoms with Crippen molar-refractivity contribution in [1.29, 1.82) is 0 Å². The van der Waals surface area contributed by atoms with E-state index in [1.54, 1.807) is 30.8 Å². The van der Waals surface area contributed by atoms with Crippen molar-refractivity contribution >= 4 is 17.7 Å². The van der Waals surface area contributed by atoms with Crippen molar-refractivity contribution < 1.29 is 25.2 Å². The molecule has 0 unspecified atom stereocenters. The molecule has 1 aliphatic rings. The van der Waals surface area contributed by atoms with Crippen molar-refractivity contribution in [3.8, 4) is 0 Å². The van der Waals surface area contributed by atoms with Crippen LogP contribution in [0.2, 0.25) is 0 Å². The zero-order valence-corrected chi connectivity index (χ0v) is 21.9. The van der Waals surface area contributed by atoms with Crippen LogP contribution in [0.1, 0.15) is 52.4 Å². The molecule has 0 atom stereocenters. The Labute approximate surface area is 214 Å². The number of allylic oxidation sites excluding steroid dienone is 5. The summed E-state index contributed by atoms with van der Waals surface area (Å²) < 4.78 is 0. The lowest BCUT2D eigenvalue weighted by molar-refractivity contribution is -0.116. The molecular formula is C27H42N2O5S. The molecule has 0 aliphatic heterocycles. The number of aliphatic hydroxyl groups excluding tert-OH is 4. The van der Waals surface area contributed by atoms with Gasteiger partial charge in [0.05, 0.1) is 12.5 Å². The third-order valence-electron chi connectivity index (χ3n) is 5.53. The second kappa shape index (κ2) is 18.6. The number of rotatable bonds is 12. The van der Waals surface area contributed by atoms with Crippen molar-refractivity contribution in [2.45, 2.75) is 52.4 Å². The molecule has 1 saturated carbocycles. The standard InChI is InChI=1S/C22H32N2O2S.C5H10O3/c1-5-16(3)22(26)24-15-27-20(14-18-10-8-7-9-11-18)21(23)17(4)12-13-19(25)6-2;1-4(2-6)5(8)3-7/h5-6,12-13,18,25H,1-3,7-11,14-15,23H2,4H3,(H,24,26);6-8H,2-3H2,1H3/b17-12+,19-13+,21-20-;5-4-. The quantitative estimate of drug-likeness (QED) is 0.0943. The Morgan fingerprint density at radius 2 is 1.69 bits per heavy atom. The van der Waals surface area contributed by atoms with Crippen molar-refractivity contribution in [1.82, 2.24) is 5.32 Å². The SMILES string of the molecule is C/C(CO)=C(/O)CO.C=CC(=C)C(=O)NCS/C(CC1CCCCC1)=C(N)/C(C)=C/C=C(/O)C=C. The van der Waals surface area contributed by atoms with Gasteiger partial charge in [-0.1, -0.05) is 64.0 Å². The Balaban J connectivity index is 0.00000124. The van der Waals surface area contributed by atoms with Gasteiger partial charge in [-0.3, -0.25) is 4.79 Å². The summed E-state index contributed by atoms with van der Waals surface area (Å²) in [6.07, 6.45) is 13.4. The summed E-state index contributed by atoms with van der Waals surface area (Å²) in [6, 6.07) is 0. The molecule has 8 heteroatoms. The molecule has 0 aromatic rings. The van der Waals surface area contributed by atoms with Gasteiger partial charge in [0.1, 0.15) is 18.1 Å². The number of aliphatic hydroxyl groups is 4. The second-order valence-electron chi connectivity index (χ2n) is 8.26. The highest BCUT2D eigenvalue weighted by molar-refractivity contribution is 8.03. The molecule has 1 fully saturated rings. The van der Waals surface area contributed by atoms with E-state index in [4.69, 9.17) is 21.1 Å². The minimum absolute atomic E-state index is 0.0961. The molecule has 196 valence electrons. The van der Waals surface area contributed by atoms with E-state index in [0.717, 1.165) is 16.9 Å². The molecule has 7 N–H and O–H groups in total. The molecule has 0 radical (unpaired) electrons. The van der Waals surface area contributed by atoms with E-state index in [1.165, 1.54) is 44.3 Å². The Morgan fingerprint density at radius 1 is 1.06 bits per heavy atom. The average molecular weight is 507 g/mol. The minimum atomic E-state index is -0.396. The summed E-state index contributed by atoms with van der Waals surface area (Å²) in [5.41, 5.74) is 8.76.